The molecule has 1 unspecified atom stereocenters. The van der Waals surface area contributed by atoms with E-state index >= 15 is 0 Å². The lowest BCUT2D eigenvalue weighted by Crippen LogP contribution is -2.40. The molecule has 0 radical (unpaired) electrons. The molecule has 1 aromatic carbocycles. The Morgan fingerprint density at radius 2 is 2.14 bits per heavy atom. The summed E-state index contributed by atoms with van der Waals surface area (Å²) < 4.78 is 5.08. The van der Waals surface area contributed by atoms with Crippen molar-refractivity contribution in [2.45, 2.75) is 13.3 Å². The summed E-state index contributed by atoms with van der Waals surface area (Å²) in [6.45, 7) is 2.85. The number of nitrogens with two attached hydrogens (primary N) is 1. The summed E-state index contributed by atoms with van der Waals surface area (Å²) in [6, 6.07) is 4.97. The van der Waals surface area contributed by atoms with Crippen molar-refractivity contribution < 1.29 is 14.3 Å². The van der Waals surface area contributed by atoms with Gasteiger partial charge in [-0.3, -0.25) is 9.59 Å². The zero-order valence-electron chi connectivity index (χ0n) is 12.6. The Labute approximate surface area is 124 Å². The van der Waals surface area contributed by atoms with Crippen LogP contribution in [0.25, 0.3) is 0 Å². The molecule has 2 amide bonds. The molecule has 0 spiro atoms. The molecular formula is C15H21N3O3. The molecule has 1 saturated heterocycles. The van der Waals surface area contributed by atoms with E-state index in [1.807, 2.05) is 6.92 Å². The average Bonchev–Trinajstić information content (AvgIpc) is 2.89. The van der Waals surface area contributed by atoms with Crippen LogP contribution >= 0.6 is 0 Å². The summed E-state index contributed by atoms with van der Waals surface area (Å²) in [5.74, 6) is 0.396. The van der Waals surface area contributed by atoms with Gasteiger partial charge in [0.2, 0.25) is 5.91 Å². The zero-order valence-corrected chi connectivity index (χ0v) is 12.6. The second kappa shape index (κ2) is 5.63. The minimum Gasteiger partial charge on any atom is -0.495 e. The Balaban J connectivity index is 2.15. The van der Waals surface area contributed by atoms with Crippen LogP contribution in [0.4, 0.5) is 5.69 Å². The summed E-state index contributed by atoms with van der Waals surface area (Å²) in [5, 5.41) is 2.66. The number of methoxy groups -OCH3 is 1. The maximum atomic E-state index is 12.5. The minimum absolute atomic E-state index is 0.0351. The van der Waals surface area contributed by atoms with E-state index in [4.69, 9.17) is 10.5 Å². The topological polar surface area (TPSA) is 84.7 Å². The summed E-state index contributed by atoms with van der Waals surface area (Å²) >= 11 is 0. The summed E-state index contributed by atoms with van der Waals surface area (Å²) in [4.78, 5) is 26.1. The summed E-state index contributed by atoms with van der Waals surface area (Å²) in [7, 11) is 3.14. The van der Waals surface area contributed by atoms with Crippen LogP contribution in [-0.2, 0) is 4.79 Å². The number of rotatable bonds is 3. The average molecular weight is 291 g/mol. The molecule has 1 aliphatic heterocycles. The van der Waals surface area contributed by atoms with Crippen LogP contribution in [0.15, 0.2) is 18.2 Å². The van der Waals surface area contributed by atoms with Crippen molar-refractivity contribution in [1.82, 2.24) is 10.2 Å². The maximum Gasteiger partial charge on any atom is 0.253 e. The molecule has 0 saturated carbocycles. The van der Waals surface area contributed by atoms with Crippen molar-refractivity contribution in [2.24, 2.45) is 5.41 Å². The second-order valence-electron chi connectivity index (χ2n) is 5.57. The molecule has 2 rings (SSSR count). The smallest absolute Gasteiger partial charge is 0.253 e. The largest absolute Gasteiger partial charge is 0.495 e. The van der Waals surface area contributed by atoms with Gasteiger partial charge >= 0.3 is 0 Å². The monoisotopic (exact) mass is 291 g/mol. The number of benzene rings is 1. The fourth-order valence-corrected chi connectivity index (χ4v) is 2.67. The highest BCUT2D eigenvalue weighted by atomic mass is 16.5. The molecule has 3 N–H and O–H groups in total. The van der Waals surface area contributed by atoms with Crippen LogP contribution in [0.3, 0.4) is 0 Å². The number of nitrogens with zero attached hydrogens (tertiary/aromatic N) is 1. The molecule has 0 aromatic heterocycles. The predicted molar refractivity (Wildman–Crippen MR) is 80.1 cm³/mol. The van der Waals surface area contributed by atoms with Gasteiger partial charge < -0.3 is 20.7 Å². The number of likely N-dealkylation sites (tertiary alicyclic amines) is 1. The highest BCUT2D eigenvalue weighted by Gasteiger charge is 2.41. The Morgan fingerprint density at radius 3 is 2.71 bits per heavy atom. The molecule has 1 heterocycles. The molecule has 1 fully saturated rings. The lowest BCUT2D eigenvalue weighted by molar-refractivity contribution is -0.128. The second-order valence-corrected chi connectivity index (χ2v) is 5.57. The number of nitrogen functional groups attached to an aromatic ring is 1. The molecule has 0 bridgehead atoms. The molecule has 114 valence electrons. The molecule has 6 heteroatoms. The van der Waals surface area contributed by atoms with E-state index in [9.17, 15) is 9.59 Å². The predicted octanol–water partition coefficient (Wildman–Crippen LogP) is 0.876. The van der Waals surface area contributed by atoms with E-state index < -0.39 is 5.41 Å². The number of amides is 2. The van der Waals surface area contributed by atoms with Crippen molar-refractivity contribution in [3.05, 3.63) is 23.8 Å². The fourth-order valence-electron chi connectivity index (χ4n) is 2.67. The van der Waals surface area contributed by atoms with Crippen molar-refractivity contribution in [2.75, 3.05) is 33.0 Å². The first-order valence-corrected chi connectivity index (χ1v) is 6.86. The van der Waals surface area contributed by atoms with Gasteiger partial charge in [-0.25, -0.2) is 0 Å². The lowest BCUT2D eigenvalue weighted by atomic mass is 9.89. The Kier molecular flexibility index (Phi) is 4.06. The third kappa shape index (κ3) is 2.79. The highest BCUT2D eigenvalue weighted by Crippen LogP contribution is 2.31. The van der Waals surface area contributed by atoms with Crippen LogP contribution in [0, 0.1) is 5.41 Å². The number of carbonyl (C=O) groups is 2. The van der Waals surface area contributed by atoms with E-state index in [1.165, 1.54) is 7.11 Å². The van der Waals surface area contributed by atoms with Gasteiger partial charge in [-0.05, 0) is 31.5 Å². The van der Waals surface area contributed by atoms with E-state index in [2.05, 4.69) is 5.32 Å². The van der Waals surface area contributed by atoms with Crippen molar-refractivity contribution in [3.8, 4) is 5.75 Å². The van der Waals surface area contributed by atoms with Gasteiger partial charge in [-0.15, -0.1) is 0 Å². The molecule has 1 atom stereocenters. The number of carbonyl (C=O) groups excluding carboxylic acids is 2. The first-order valence-electron chi connectivity index (χ1n) is 6.86. The van der Waals surface area contributed by atoms with Crippen molar-refractivity contribution in [3.63, 3.8) is 0 Å². The van der Waals surface area contributed by atoms with Gasteiger partial charge in [0, 0.05) is 25.7 Å². The maximum absolute atomic E-state index is 12.5. The zero-order chi connectivity index (χ0) is 15.6. The van der Waals surface area contributed by atoms with Gasteiger partial charge in [0.05, 0.1) is 18.2 Å². The van der Waals surface area contributed by atoms with Gasteiger partial charge in [0.1, 0.15) is 5.75 Å². The van der Waals surface area contributed by atoms with Crippen LogP contribution < -0.4 is 15.8 Å². The van der Waals surface area contributed by atoms with E-state index in [-0.39, 0.29) is 11.8 Å². The molecular weight excluding hydrogens is 270 g/mol. The lowest BCUT2D eigenvalue weighted by Gasteiger charge is -2.23. The number of nitrogens with one attached hydrogen (secondary N) is 1. The van der Waals surface area contributed by atoms with Gasteiger partial charge in [-0.2, -0.15) is 0 Å². The first-order chi connectivity index (χ1) is 9.91. The van der Waals surface area contributed by atoms with E-state index in [0.29, 0.717) is 36.5 Å². The van der Waals surface area contributed by atoms with Crippen LogP contribution in [0.1, 0.15) is 23.7 Å². The molecule has 0 aliphatic carbocycles. The minimum atomic E-state index is -0.525. The third-order valence-electron chi connectivity index (χ3n) is 4.01. The Bertz CT molecular complexity index is 573. The molecule has 1 aliphatic rings. The van der Waals surface area contributed by atoms with Crippen molar-refractivity contribution in [1.29, 1.82) is 0 Å². The first kappa shape index (κ1) is 15.2. The fraction of sp³-hybridized carbons (Fsp3) is 0.467. The molecule has 1 aromatic rings. The normalized spacial score (nSPS) is 21.2. The summed E-state index contributed by atoms with van der Waals surface area (Å²) in [6.07, 6.45) is 0.657. The van der Waals surface area contributed by atoms with Crippen molar-refractivity contribution >= 4 is 17.5 Å². The van der Waals surface area contributed by atoms with E-state index in [0.717, 1.165) is 0 Å². The third-order valence-corrected chi connectivity index (χ3v) is 4.01. The number of hydrogen-bond acceptors (Lipinski definition) is 4. The SMILES string of the molecule is CNC(=O)C1(C)CCN(C(=O)c2ccc(OC)c(N)c2)C1. The highest BCUT2D eigenvalue weighted by molar-refractivity contribution is 5.96. The van der Waals surface area contributed by atoms with Crippen LogP contribution in [0.5, 0.6) is 5.75 Å². The van der Waals surface area contributed by atoms with Crippen LogP contribution in [0.2, 0.25) is 0 Å². The standard InChI is InChI=1S/C15H21N3O3/c1-15(14(20)17-2)6-7-18(9-15)13(19)10-4-5-12(21-3)11(16)8-10/h4-5,8H,6-7,9,16H2,1-3H3,(H,17,20). The Morgan fingerprint density at radius 1 is 1.43 bits per heavy atom. The van der Waals surface area contributed by atoms with E-state index in [1.54, 1.807) is 30.1 Å². The number of anilines is 1. The molecule has 21 heavy (non-hydrogen) atoms. The summed E-state index contributed by atoms with van der Waals surface area (Å²) in [5.41, 5.74) is 6.24. The van der Waals surface area contributed by atoms with Gasteiger partial charge in [0.15, 0.2) is 0 Å². The van der Waals surface area contributed by atoms with Crippen LogP contribution in [-0.4, -0.2) is 44.0 Å². The van der Waals surface area contributed by atoms with Gasteiger partial charge in [-0.1, -0.05) is 0 Å². The quantitative estimate of drug-likeness (QED) is 0.810. The number of hydrogen-bond donors (Lipinski definition) is 2. The number of ether oxygens (including phenoxy) is 1. The molecule has 6 nitrogen and oxygen atoms in total. The van der Waals surface area contributed by atoms with Gasteiger partial charge in [0.25, 0.3) is 5.91 Å². The Hall–Kier alpha value is -2.24.